The van der Waals surface area contributed by atoms with Gasteiger partial charge in [0.15, 0.2) is 0 Å². The molecule has 0 bridgehead atoms. The fraction of sp³-hybridized carbons (Fsp3) is 0.154. The van der Waals surface area contributed by atoms with Gasteiger partial charge in [0.1, 0.15) is 11.5 Å². The van der Waals surface area contributed by atoms with Crippen LogP contribution in [0.5, 0.6) is 11.5 Å². The Hall–Kier alpha value is -2.63. The lowest BCUT2D eigenvalue weighted by Gasteiger charge is -2.02. The first-order valence-corrected chi connectivity index (χ1v) is 5.68. The van der Waals surface area contributed by atoms with Crippen molar-refractivity contribution in [2.45, 2.75) is 13.8 Å². The Bertz CT molecular complexity index is 606. The van der Waals surface area contributed by atoms with Crippen molar-refractivity contribution in [2.24, 2.45) is 5.10 Å². The number of aryl methyl sites for hydroxylation is 2. The van der Waals surface area contributed by atoms with Crippen LogP contribution < -0.4 is 5.43 Å². The summed E-state index contributed by atoms with van der Waals surface area (Å²) in [6.07, 6.45) is 1.43. The van der Waals surface area contributed by atoms with Gasteiger partial charge < -0.3 is 10.2 Å². The summed E-state index contributed by atoms with van der Waals surface area (Å²) in [6.45, 7) is 3.74. The molecule has 1 heterocycles. The first kappa shape index (κ1) is 12.8. The minimum absolute atomic E-state index is 0.000233. The third-order valence-corrected chi connectivity index (χ3v) is 2.36. The van der Waals surface area contributed by atoms with Crippen LogP contribution in [-0.4, -0.2) is 26.4 Å². The largest absolute Gasteiger partial charge is 0.508 e. The molecule has 2 rings (SSSR count). The second-order valence-electron chi connectivity index (χ2n) is 4.09. The van der Waals surface area contributed by atoms with Crippen LogP contribution in [0.25, 0.3) is 0 Å². The van der Waals surface area contributed by atoms with Crippen molar-refractivity contribution >= 4 is 12.2 Å². The number of hydrogen-bond donors (Lipinski definition) is 3. The summed E-state index contributed by atoms with van der Waals surface area (Å²) >= 11 is 0. The van der Waals surface area contributed by atoms with Crippen molar-refractivity contribution in [3.05, 3.63) is 41.2 Å². The van der Waals surface area contributed by atoms with Gasteiger partial charge >= 0.3 is 0 Å². The average molecular weight is 258 g/mol. The molecule has 0 aliphatic rings. The molecule has 0 unspecified atom stereocenters. The SMILES string of the molecule is Cc1cc(C)nc(N/N=C\c2ccc(O)cc2O)n1. The number of nitrogens with one attached hydrogen (secondary N) is 1. The van der Waals surface area contributed by atoms with E-state index in [1.54, 1.807) is 6.07 Å². The highest BCUT2D eigenvalue weighted by Crippen LogP contribution is 2.20. The van der Waals surface area contributed by atoms with E-state index in [1.165, 1.54) is 18.3 Å². The molecule has 2 aromatic rings. The van der Waals surface area contributed by atoms with Gasteiger partial charge in [0.25, 0.3) is 0 Å². The monoisotopic (exact) mass is 258 g/mol. The van der Waals surface area contributed by atoms with Crippen LogP contribution in [0.2, 0.25) is 0 Å². The van der Waals surface area contributed by atoms with Gasteiger partial charge in [-0.25, -0.2) is 15.4 Å². The van der Waals surface area contributed by atoms with Gasteiger partial charge in [-0.3, -0.25) is 0 Å². The predicted molar refractivity (Wildman–Crippen MR) is 72.5 cm³/mol. The Morgan fingerprint density at radius 1 is 1.11 bits per heavy atom. The zero-order chi connectivity index (χ0) is 13.8. The summed E-state index contributed by atoms with van der Waals surface area (Å²) in [5.74, 6) is 0.346. The Morgan fingerprint density at radius 2 is 1.79 bits per heavy atom. The van der Waals surface area contributed by atoms with Crippen molar-refractivity contribution in [3.63, 3.8) is 0 Å². The maximum absolute atomic E-state index is 9.57. The van der Waals surface area contributed by atoms with Crippen LogP contribution in [0.4, 0.5) is 5.95 Å². The fourth-order valence-electron chi connectivity index (χ4n) is 1.58. The molecule has 0 aliphatic carbocycles. The third kappa shape index (κ3) is 3.41. The second kappa shape index (κ2) is 5.34. The summed E-state index contributed by atoms with van der Waals surface area (Å²) in [6, 6.07) is 6.13. The van der Waals surface area contributed by atoms with E-state index in [2.05, 4.69) is 20.5 Å². The lowest BCUT2D eigenvalue weighted by atomic mass is 10.2. The number of phenolic OH excluding ortho intramolecular Hbond substituents is 2. The number of benzene rings is 1. The topological polar surface area (TPSA) is 90.6 Å². The molecule has 0 fully saturated rings. The van der Waals surface area contributed by atoms with Crippen LogP contribution in [0.15, 0.2) is 29.4 Å². The highest BCUT2D eigenvalue weighted by Gasteiger charge is 2.00. The third-order valence-electron chi connectivity index (χ3n) is 2.36. The number of aromatic hydroxyl groups is 2. The summed E-state index contributed by atoms with van der Waals surface area (Å²) in [7, 11) is 0. The van der Waals surface area contributed by atoms with Crippen LogP contribution in [0, 0.1) is 13.8 Å². The van der Waals surface area contributed by atoms with E-state index < -0.39 is 0 Å². The van der Waals surface area contributed by atoms with E-state index in [4.69, 9.17) is 5.11 Å². The standard InChI is InChI=1S/C13H14N4O2/c1-8-5-9(2)16-13(15-8)17-14-7-10-3-4-11(18)6-12(10)19/h3-7,18-19H,1-2H3,(H,15,16,17)/b14-7-. The van der Waals surface area contributed by atoms with Gasteiger partial charge in [0.2, 0.25) is 5.95 Å². The lowest BCUT2D eigenvalue weighted by Crippen LogP contribution is -1.99. The van der Waals surface area contributed by atoms with Crippen LogP contribution >= 0.6 is 0 Å². The van der Waals surface area contributed by atoms with Gasteiger partial charge in [0.05, 0.1) is 6.21 Å². The fourth-order valence-corrected chi connectivity index (χ4v) is 1.58. The van der Waals surface area contributed by atoms with E-state index >= 15 is 0 Å². The predicted octanol–water partition coefficient (Wildman–Crippen LogP) is 1.95. The Morgan fingerprint density at radius 3 is 2.42 bits per heavy atom. The highest BCUT2D eigenvalue weighted by molar-refractivity contribution is 5.84. The Kier molecular flexibility index (Phi) is 3.61. The number of hydrazone groups is 1. The zero-order valence-corrected chi connectivity index (χ0v) is 10.6. The molecular weight excluding hydrogens is 244 g/mol. The quantitative estimate of drug-likeness (QED) is 0.578. The molecule has 0 saturated heterocycles. The highest BCUT2D eigenvalue weighted by atomic mass is 16.3. The lowest BCUT2D eigenvalue weighted by molar-refractivity contribution is 0.450. The summed E-state index contributed by atoms with van der Waals surface area (Å²) < 4.78 is 0. The van der Waals surface area contributed by atoms with Crippen LogP contribution in [0.1, 0.15) is 17.0 Å². The molecule has 0 aliphatic heterocycles. The van der Waals surface area contributed by atoms with E-state index in [0.29, 0.717) is 11.5 Å². The van der Waals surface area contributed by atoms with E-state index in [1.807, 2.05) is 19.9 Å². The first-order valence-electron chi connectivity index (χ1n) is 5.68. The number of hydrogen-bond acceptors (Lipinski definition) is 6. The zero-order valence-electron chi connectivity index (χ0n) is 10.6. The molecule has 19 heavy (non-hydrogen) atoms. The van der Waals surface area contributed by atoms with Gasteiger partial charge in [-0.05, 0) is 32.0 Å². The van der Waals surface area contributed by atoms with Gasteiger partial charge in [-0.15, -0.1) is 0 Å². The van der Waals surface area contributed by atoms with Crippen molar-refractivity contribution in [2.75, 3.05) is 5.43 Å². The smallest absolute Gasteiger partial charge is 0.243 e. The van der Waals surface area contributed by atoms with Crippen molar-refractivity contribution < 1.29 is 10.2 Å². The molecule has 0 radical (unpaired) electrons. The summed E-state index contributed by atoms with van der Waals surface area (Å²) in [5.41, 5.74) is 4.86. The number of nitrogens with zero attached hydrogens (tertiary/aromatic N) is 3. The summed E-state index contributed by atoms with van der Waals surface area (Å²) in [4.78, 5) is 8.33. The average Bonchev–Trinajstić information content (AvgIpc) is 2.30. The Labute approximate surface area is 110 Å². The van der Waals surface area contributed by atoms with Gasteiger partial charge in [0, 0.05) is 23.0 Å². The number of rotatable bonds is 3. The van der Waals surface area contributed by atoms with Crippen molar-refractivity contribution in [1.29, 1.82) is 0 Å². The molecule has 0 amide bonds. The Balaban J connectivity index is 2.11. The number of aromatic nitrogens is 2. The number of phenols is 2. The molecule has 1 aromatic carbocycles. The van der Waals surface area contributed by atoms with Gasteiger partial charge in [-0.2, -0.15) is 5.10 Å². The molecule has 98 valence electrons. The molecule has 0 atom stereocenters. The van der Waals surface area contributed by atoms with Crippen molar-refractivity contribution in [3.8, 4) is 11.5 Å². The van der Waals surface area contributed by atoms with Crippen LogP contribution in [-0.2, 0) is 0 Å². The molecule has 6 heteroatoms. The van der Waals surface area contributed by atoms with Crippen LogP contribution in [0.3, 0.4) is 0 Å². The maximum atomic E-state index is 9.57. The van der Waals surface area contributed by atoms with E-state index in [-0.39, 0.29) is 11.5 Å². The molecular formula is C13H14N4O2. The van der Waals surface area contributed by atoms with E-state index in [0.717, 1.165) is 11.4 Å². The molecule has 6 nitrogen and oxygen atoms in total. The summed E-state index contributed by atoms with van der Waals surface area (Å²) in [5, 5.41) is 22.7. The van der Waals surface area contributed by atoms with Crippen molar-refractivity contribution in [1.82, 2.24) is 9.97 Å². The molecule has 0 spiro atoms. The normalized spacial score (nSPS) is 10.8. The molecule has 1 aromatic heterocycles. The second-order valence-corrected chi connectivity index (χ2v) is 4.09. The number of anilines is 1. The van der Waals surface area contributed by atoms with E-state index in [9.17, 15) is 5.11 Å². The molecule has 3 N–H and O–H groups in total. The minimum atomic E-state index is -0.0492. The first-order chi connectivity index (χ1) is 9.04. The maximum Gasteiger partial charge on any atom is 0.243 e. The minimum Gasteiger partial charge on any atom is -0.508 e. The van der Waals surface area contributed by atoms with Gasteiger partial charge in [-0.1, -0.05) is 0 Å². The molecule has 0 saturated carbocycles.